The Balaban J connectivity index is 1.79. The molecule has 0 spiro atoms. The number of rotatable bonds is 4. The lowest BCUT2D eigenvalue weighted by Gasteiger charge is -2.34. The van der Waals surface area contributed by atoms with Crippen molar-refractivity contribution in [2.24, 2.45) is 0 Å². The number of nitrogens with zero attached hydrogens (tertiary/aromatic N) is 4. The molecule has 0 atom stereocenters. The average Bonchev–Trinajstić information content (AvgIpc) is 2.73. The molecule has 0 amide bonds. The summed E-state index contributed by atoms with van der Waals surface area (Å²) in [4.78, 5) is 12.1. The zero-order valence-electron chi connectivity index (χ0n) is 15.8. The SMILES string of the molecule is CCS(=O)(=O)N1CCc2nc(-c3ccccc3)nc(N3CCCCC3)c2C1. The van der Waals surface area contributed by atoms with E-state index in [0.29, 0.717) is 19.5 Å². The van der Waals surface area contributed by atoms with Crippen molar-refractivity contribution in [1.29, 1.82) is 0 Å². The average molecular weight is 387 g/mol. The van der Waals surface area contributed by atoms with E-state index in [-0.39, 0.29) is 5.75 Å². The summed E-state index contributed by atoms with van der Waals surface area (Å²) in [6.45, 7) is 4.52. The van der Waals surface area contributed by atoms with Crippen LogP contribution in [0.3, 0.4) is 0 Å². The largest absolute Gasteiger partial charge is 0.356 e. The number of aromatic nitrogens is 2. The van der Waals surface area contributed by atoms with E-state index in [0.717, 1.165) is 54.4 Å². The minimum Gasteiger partial charge on any atom is -0.356 e. The molecular formula is C20H26N4O2S. The molecule has 0 radical (unpaired) electrons. The van der Waals surface area contributed by atoms with Crippen molar-refractivity contribution >= 4 is 15.8 Å². The lowest BCUT2D eigenvalue weighted by atomic mass is 10.0. The first-order chi connectivity index (χ1) is 13.1. The normalized spacial score (nSPS) is 18.3. The van der Waals surface area contributed by atoms with Crippen LogP contribution in [0.4, 0.5) is 5.82 Å². The van der Waals surface area contributed by atoms with E-state index in [9.17, 15) is 8.42 Å². The molecule has 27 heavy (non-hydrogen) atoms. The second-order valence-corrected chi connectivity index (χ2v) is 9.45. The van der Waals surface area contributed by atoms with Crippen molar-refractivity contribution in [3.63, 3.8) is 0 Å². The van der Waals surface area contributed by atoms with Gasteiger partial charge in [0.1, 0.15) is 5.82 Å². The van der Waals surface area contributed by atoms with Gasteiger partial charge in [0.25, 0.3) is 0 Å². The van der Waals surface area contributed by atoms with E-state index in [4.69, 9.17) is 9.97 Å². The third-order valence-electron chi connectivity index (χ3n) is 5.45. The molecule has 0 bridgehead atoms. The zero-order valence-corrected chi connectivity index (χ0v) is 16.6. The molecule has 6 nitrogen and oxygen atoms in total. The number of sulfonamides is 1. The van der Waals surface area contributed by atoms with Gasteiger partial charge in [0, 0.05) is 43.7 Å². The van der Waals surface area contributed by atoms with Crippen LogP contribution in [-0.4, -0.2) is 48.1 Å². The molecule has 2 aromatic rings. The fraction of sp³-hybridized carbons (Fsp3) is 0.500. The minimum atomic E-state index is -3.21. The highest BCUT2D eigenvalue weighted by atomic mass is 32.2. The molecule has 0 N–H and O–H groups in total. The van der Waals surface area contributed by atoms with E-state index < -0.39 is 10.0 Å². The Morgan fingerprint density at radius 3 is 2.44 bits per heavy atom. The summed E-state index contributed by atoms with van der Waals surface area (Å²) >= 11 is 0. The van der Waals surface area contributed by atoms with Gasteiger partial charge in [-0.25, -0.2) is 18.4 Å². The highest BCUT2D eigenvalue weighted by Crippen LogP contribution is 2.32. The summed E-state index contributed by atoms with van der Waals surface area (Å²) in [7, 11) is -3.21. The molecule has 1 aromatic heterocycles. The van der Waals surface area contributed by atoms with Crippen LogP contribution in [-0.2, 0) is 23.0 Å². The maximum atomic E-state index is 12.4. The van der Waals surface area contributed by atoms with Crippen LogP contribution in [0.5, 0.6) is 0 Å². The van der Waals surface area contributed by atoms with Gasteiger partial charge in [-0.3, -0.25) is 0 Å². The summed E-state index contributed by atoms with van der Waals surface area (Å²) in [6, 6.07) is 10.0. The van der Waals surface area contributed by atoms with Crippen LogP contribution in [0.25, 0.3) is 11.4 Å². The molecule has 1 fully saturated rings. The summed E-state index contributed by atoms with van der Waals surface area (Å²) in [5.41, 5.74) is 2.98. The van der Waals surface area contributed by atoms with Gasteiger partial charge in [-0.1, -0.05) is 30.3 Å². The summed E-state index contributed by atoms with van der Waals surface area (Å²) in [5.74, 6) is 1.79. The van der Waals surface area contributed by atoms with Crippen molar-refractivity contribution in [1.82, 2.24) is 14.3 Å². The van der Waals surface area contributed by atoms with Crippen LogP contribution >= 0.6 is 0 Å². The second-order valence-electron chi connectivity index (χ2n) is 7.19. The molecule has 7 heteroatoms. The Labute approximate surface area is 161 Å². The van der Waals surface area contributed by atoms with Crippen molar-refractivity contribution in [2.45, 2.75) is 39.2 Å². The van der Waals surface area contributed by atoms with Gasteiger partial charge >= 0.3 is 0 Å². The molecule has 0 aliphatic carbocycles. The summed E-state index contributed by atoms with van der Waals surface area (Å²) < 4.78 is 26.4. The first-order valence-electron chi connectivity index (χ1n) is 9.76. The maximum Gasteiger partial charge on any atom is 0.214 e. The molecule has 0 unspecified atom stereocenters. The first kappa shape index (κ1) is 18.4. The first-order valence-corrected chi connectivity index (χ1v) is 11.4. The minimum absolute atomic E-state index is 0.129. The monoisotopic (exact) mass is 386 g/mol. The fourth-order valence-electron chi connectivity index (χ4n) is 3.88. The molecule has 2 aliphatic heterocycles. The van der Waals surface area contributed by atoms with Crippen LogP contribution in [0, 0.1) is 0 Å². The standard InChI is InChI=1S/C20H26N4O2S/c1-2-27(25,26)24-14-11-18-17(15-24)20(23-12-7-4-8-13-23)22-19(21-18)16-9-5-3-6-10-16/h3,5-6,9-10H,2,4,7-8,11-15H2,1H3. The number of anilines is 1. The van der Waals surface area contributed by atoms with Gasteiger partial charge in [0.05, 0.1) is 11.4 Å². The van der Waals surface area contributed by atoms with E-state index >= 15 is 0 Å². The number of hydrogen-bond donors (Lipinski definition) is 0. The molecule has 144 valence electrons. The van der Waals surface area contributed by atoms with Gasteiger partial charge < -0.3 is 4.90 Å². The summed E-state index contributed by atoms with van der Waals surface area (Å²) in [6.07, 6.45) is 4.18. The predicted molar refractivity (Wildman–Crippen MR) is 107 cm³/mol. The number of fused-ring (bicyclic) bond motifs is 1. The summed E-state index contributed by atoms with van der Waals surface area (Å²) in [5, 5.41) is 0. The Bertz CT molecular complexity index is 909. The van der Waals surface area contributed by atoms with Crippen molar-refractivity contribution in [2.75, 3.05) is 30.3 Å². The van der Waals surface area contributed by atoms with Crippen LogP contribution in [0.2, 0.25) is 0 Å². The Hall–Kier alpha value is -1.99. The van der Waals surface area contributed by atoms with Crippen LogP contribution in [0.1, 0.15) is 37.4 Å². The van der Waals surface area contributed by atoms with Gasteiger partial charge in [-0.2, -0.15) is 4.31 Å². The van der Waals surface area contributed by atoms with Gasteiger partial charge in [-0.05, 0) is 26.2 Å². The lowest BCUT2D eigenvalue weighted by Crippen LogP contribution is -2.39. The Kier molecular flexibility index (Phi) is 5.14. The highest BCUT2D eigenvalue weighted by Gasteiger charge is 2.30. The molecule has 4 rings (SSSR count). The van der Waals surface area contributed by atoms with Gasteiger partial charge in [0.15, 0.2) is 5.82 Å². The molecular weight excluding hydrogens is 360 g/mol. The predicted octanol–water partition coefficient (Wildman–Crippen LogP) is 2.84. The Morgan fingerprint density at radius 1 is 1.00 bits per heavy atom. The van der Waals surface area contributed by atoms with E-state index in [1.54, 1.807) is 11.2 Å². The highest BCUT2D eigenvalue weighted by molar-refractivity contribution is 7.89. The lowest BCUT2D eigenvalue weighted by molar-refractivity contribution is 0.387. The second kappa shape index (κ2) is 7.56. The quantitative estimate of drug-likeness (QED) is 0.808. The van der Waals surface area contributed by atoms with Crippen molar-refractivity contribution < 1.29 is 8.42 Å². The van der Waals surface area contributed by atoms with Crippen molar-refractivity contribution in [3.8, 4) is 11.4 Å². The smallest absolute Gasteiger partial charge is 0.214 e. The maximum absolute atomic E-state index is 12.4. The molecule has 3 heterocycles. The zero-order chi connectivity index (χ0) is 18.9. The third-order valence-corrected chi connectivity index (χ3v) is 7.28. The van der Waals surface area contributed by atoms with E-state index in [2.05, 4.69) is 4.90 Å². The number of piperidine rings is 1. The number of hydrogen-bond acceptors (Lipinski definition) is 5. The van der Waals surface area contributed by atoms with E-state index in [1.807, 2.05) is 30.3 Å². The van der Waals surface area contributed by atoms with Gasteiger partial charge in [0.2, 0.25) is 10.0 Å². The topological polar surface area (TPSA) is 66.4 Å². The number of benzene rings is 1. The van der Waals surface area contributed by atoms with Crippen LogP contribution in [0.15, 0.2) is 30.3 Å². The molecule has 0 saturated carbocycles. The Morgan fingerprint density at radius 2 is 1.74 bits per heavy atom. The van der Waals surface area contributed by atoms with Crippen molar-refractivity contribution in [3.05, 3.63) is 41.6 Å². The van der Waals surface area contributed by atoms with Gasteiger partial charge in [-0.15, -0.1) is 0 Å². The van der Waals surface area contributed by atoms with Crippen LogP contribution < -0.4 is 4.90 Å². The third kappa shape index (κ3) is 3.71. The molecule has 2 aliphatic rings. The molecule has 1 saturated heterocycles. The fourth-order valence-corrected chi connectivity index (χ4v) is 4.94. The van der Waals surface area contributed by atoms with E-state index in [1.165, 1.54) is 6.42 Å². The molecule has 1 aromatic carbocycles.